The Balaban J connectivity index is 2.44. The summed E-state index contributed by atoms with van der Waals surface area (Å²) in [5.41, 5.74) is 1.61. The van der Waals surface area contributed by atoms with Crippen molar-refractivity contribution in [1.82, 2.24) is 4.98 Å². The van der Waals surface area contributed by atoms with Gasteiger partial charge in [-0.1, -0.05) is 25.1 Å². The minimum absolute atomic E-state index is 0.234. The molecule has 0 unspecified atom stereocenters. The van der Waals surface area contributed by atoms with Crippen molar-refractivity contribution in [1.29, 1.82) is 0 Å². The smallest absolute Gasteiger partial charge is 0.211 e. The molecule has 1 heterocycles. The summed E-state index contributed by atoms with van der Waals surface area (Å²) in [6.07, 6.45) is 2.30. The predicted octanol–water partition coefficient (Wildman–Crippen LogP) is 3.01. The normalized spacial score (nSPS) is 10.2. The Morgan fingerprint density at radius 2 is 2.12 bits per heavy atom. The Morgan fingerprint density at radius 1 is 1.29 bits per heavy atom. The van der Waals surface area contributed by atoms with Crippen LogP contribution in [0, 0.1) is 5.82 Å². The molecule has 1 aromatic heterocycles. The van der Waals surface area contributed by atoms with Gasteiger partial charge in [-0.25, -0.2) is 4.39 Å². The molecule has 0 saturated heterocycles. The molecule has 3 heteroatoms. The zero-order valence-corrected chi connectivity index (χ0v) is 9.48. The van der Waals surface area contributed by atoms with E-state index >= 15 is 0 Å². The second-order valence-electron chi connectivity index (χ2n) is 3.70. The molecule has 86 valence electrons. The van der Waals surface area contributed by atoms with Crippen molar-refractivity contribution in [2.45, 2.75) is 13.3 Å². The molecular formula is C14H12FNO. The quantitative estimate of drug-likeness (QED) is 0.757. The topological polar surface area (TPSA) is 30.0 Å². The van der Waals surface area contributed by atoms with Crippen LogP contribution < -0.4 is 0 Å². The number of aromatic nitrogens is 1. The van der Waals surface area contributed by atoms with Gasteiger partial charge in [0.2, 0.25) is 5.78 Å². The lowest BCUT2D eigenvalue weighted by atomic mass is 10.0. The molecule has 2 nitrogen and oxygen atoms in total. The first-order valence-corrected chi connectivity index (χ1v) is 5.46. The second kappa shape index (κ2) is 4.87. The first-order chi connectivity index (χ1) is 8.22. The van der Waals surface area contributed by atoms with E-state index in [9.17, 15) is 9.18 Å². The van der Waals surface area contributed by atoms with E-state index in [2.05, 4.69) is 4.98 Å². The zero-order chi connectivity index (χ0) is 12.3. The first kappa shape index (κ1) is 11.5. The van der Waals surface area contributed by atoms with E-state index in [1.54, 1.807) is 18.3 Å². The summed E-state index contributed by atoms with van der Waals surface area (Å²) >= 11 is 0. The van der Waals surface area contributed by atoms with Gasteiger partial charge in [-0.3, -0.25) is 9.78 Å². The maximum absolute atomic E-state index is 13.1. The van der Waals surface area contributed by atoms with Crippen LogP contribution in [0.15, 0.2) is 42.6 Å². The van der Waals surface area contributed by atoms with Crippen molar-refractivity contribution < 1.29 is 9.18 Å². The van der Waals surface area contributed by atoms with Crippen molar-refractivity contribution in [3.05, 3.63) is 65.2 Å². The third kappa shape index (κ3) is 2.38. The number of hydrogen-bond donors (Lipinski definition) is 0. The lowest BCUT2D eigenvalue weighted by Gasteiger charge is -2.05. The van der Waals surface area contributed by atoms with Crippen LogP contribution in [0.4, 0.5) is 4.39 Å². The van der Waals surface area contributed by atoms with Gasteiger partial charge < -0.3 is 0 Å². The Hall–Kier alpha value is -2.03. The summed E-state index contributed by atoms with van der Waals surface area (Å²) in [7, 11) is 0. The van der Waals surface area contributed by atoms with E-state index in [0.717, 1.165) is 12.0 Å². The molecule has 0 atom stereocenters. The average molecular weight is 229 g/mol. The molecule has 1 aromatic carbocycles. The Morgan fingerprint density at radius 3 is 2.82 bits per heavy atom. The monoisotopic (exact) mass is 229 g/mol. The van der Waals surface area contributed by atoms with Crippen molar-refractivity contribution in [3.63, 3.8) is 0 Å². The number of ketones is 1. The molecule has 17 heavy (non-hydrogen) atoms. The summed E-state index contributed by atoms with van der Waals surface area (Å²) < 4.78 is 13.1. The summed E-state index contributed by atoms with van der Waals surface area (Å²) in [5.74, 6) is -0.647. The van der Waals surface area contributed by atoms with E-state index in [-0.39, 0.29) is 5.78 Å². The summed E-state index contributed by atoms with van der Waals surface area (Å²) in [5, 5.41) is 0. The highest BCUT2D eigenvalue weighted by Gasteiger charge is 2.14. The largest absolute Gasteiger partial charge is 0.287 e. The lowest BCUT2D eigenvalue weighted by molar-refractivity contribution is 0.103. The number of aryl methyl sites for hydroxylation is 1. The standard InChI is InChI=1S/C14H12FNO/c1-2-10-6-4-8-16-13(10)14(17)11-5-3-7-12(15)9-11/h3-9H,2H2,1H3. The van der Waals surface area contributed by atoms with Crippen molar-refractivity contribution in [3.8, 4) is 0 Å². The molecular weight excluding hydrogens is 217 g/mol. The van der Waals surface area contributed by atoms with E-state index in [1.807, 2.05) is 13.0 Å². The van der Waals surface area contributed by atoms with Gasteiger partial charge in [0.1, 0.15) is 11.5 Å². The molecule has 0 aliphatic heterocycles. The van der Waals surface area contributed by atoms with Crippen LogP contribution >= 0.6 is 0 Å². The predicted molar refractivity (Wildman–Crippen MR) is 63.4 cm³/mol. The number of halogens is 1. The number of carbonyl (C=O) groups is 1. The van der Waals surface area contributed by atoms with E-state index in [1.165, 1.54) is 18.2 Å². The van der Waals surface area contributed by atoms with Gasteiger partial charge in [-0.2, -0.15) is 0 Å². The summed E-state index contributed by atoms with van der Waals surface area (Å²) in [4.78, 5) is 16.2. The third-order valence-electron chi connectivity index (χ3n) is 2.57. The van der Waals surface area contributed by atoms with Gasteiger partial charge in [0, 0.05) is 11.8 Å². The zero-order valence-electron chi connectivity index (χ0n) is 9.48. The highest BCUT2D eigenvalue weighted by atomic mass is 19.1. The lowest BCUT2D eigenvalue weighted by Crippen LogP contribution is -2.07. The second-order valence-corrected chi connectivity index (χ2v) is 3.70. The van der Waals surface area contributed by atoms with Crippen molar-refractivity contribution in [2.24, 2.45) is 0 Å². The van der Waals surface area contributed by atoms with Gasteiger partial charge in [-0.15, -0.1) is 0 Å². The van der Waals surface area contributed by atoms with Crippen LogP contribution in [-0.4, -0.2) is 10.8 Å². The molecule has 0 saturated carbocycles. The van der Waals surface area contributed by atoms with Crippen LogP contribution in [0.3, 0.4) is 0 Å². The maximum atomic E-state index is 13.1. The number of pyridine rings is 1. The Labute approximate surface area is 99.1 Å². The van der Waals surface area contributed by atoms with Crippen LogP contribution in [0.5, 0.6) is 0 Å². The minimum atomic E-state index is -0.412. The van der Waals surface area contributed by atoms with Gasteiger partial charge in [0.25, 0.3) is 0 Å². The number of rotatable bonds is 3. The van der Waals surface area contributed by atoms with E-state index in [4.69, 9.17) is 0 Å². The highest BCUT2D eigenvalue weighted by Crippen LogP contribution is 2.13. The van der Waals surface area contributed by atoms with Gasteiger partial charge in [-0.05, 0) is 30.2 Å². The molecule has 2 aromatic rings. The number of carbonyl (C=O) groups excluding carboxylic acids is 1. The number of hydrogen-bond acceptors (Lipinski definition) is 2. The van der Waals surface area contributed by atoms with Gasteiger partial charge >= 0.3 is 0 Å². The van der Waals surface area contributed by atoms with Crippen LogP contribution in [0.1, 0.15) is 28.5 Å². The fourth-order valence-electron chi connectivity index (χ4n) is 1.69. The molecule has 0 bridgehead atoms. The van der Waals surface area contributed by atoms with Crippen LogP contribution in [-0.2, 0) is 6.42 Å². The minimum Gasteiger partial charge on any atom is -0.287 e. The SMILES string of the molecule is CCc1cccnc1C(=O)c1cccc(F)c1. The van der Waals surface area contributed by atoms with Crippen molar-refractivity contribution >= 4 is 5.78 Å². The van der Waals surface area contributed by atoms with E-state index < -0.39 is 5.82 Å². The molecule has 0 aliphatic rings. The highest BCUT2D eigenvalue weighted by molar-refractivity contribution is 6.08. The number of nitrogens with zero attached hydrogens (tertiary/aromatic N) is 1. The average Bonchev–Trinajstić information content (AvgIpc) is 2.38. The van der Waals surface area contributed by atoms with Gasteiger partial charge in [0.05, 0.1) is 0 Å². The maximum Gasteiger partial charge on any atom is 0.211 e. The molecule has 0 radical (unpaired) electrons. The number of benzene rings is 1. The molecule has 0 aliphatic carbocycles. The summed E-state index contributed by atoms with van der Waals surface area (Å²) in [6.45, 7) is 1.96. The molecule has 2 rings (SSSR count). The fourth-order valence-corrected chi connectivity index (χ4v) is 1.69. The Bertz CT molecular complexity index is 551. The van der Waals surface area contributed by atoms with Crippen LogP contribution in [0.2, 0.25) is 0 Å². The summed E-state index contributed by atoms with van der Waals surface area (Å²) in [6, 6.07) is 9.32. The Kier molecular flexibility index (Phi) is 3.28. The van der Waals surface area contributed by atoms with Crippen molar-refractivity contribution in [2.75, 3.05) is 0 Å². The molecule has 0 fully saturated rings. The van der Waals surface area contributed by atoms with E-state index in [0.29, 0.717) is 11.3 Å². The molecule has 0 N–H and O–H groups in total. The third-order valence-corrected chi connectivity index (χ3v) is 2.57. The van der Waals surface area contributed by atoms with Gasteiger partial charge in [0.15, 0.2) is 0 Å². The first-order valence-electron chi connectivity index (χ1n) is 5.46. The van der Waals surface area contributed by atoms with Crippen LogP contribution in [0.25, 0.3) is 0 Å². The fraction of sp³-hybridized carbons (Fsp3) is 0.143. The molecule has 0 spiro atoms. The molecule has 0 amide bonds.